The third-order valence-corrected chi connectivity index (χ3v) is 4.78. The number of ether oxygens (including phenoxy) is 2. The Balaban J connectivity index is 1.74. The highest BCUT2D eigenvalue weighted by Gasteiger charge is 2.12. The molecule has 2 aromatic carbocycles. The molecule has 140 valence electrons. The van der Waals surface area contributed by atoms with Gasteiger partial charge in [-0.15, -0.1) is 0 Å². The van der Waals surface area contributed by atoms with Gasteiger partial charge in [-0.2, -0.15) is 11.3 Å². The van der Waals surface area contributed by atoms with Gasteiger partial charge in [-0.1, -0.05) is 24.3 Å². The molecule has 4 nitrogen and oxygen atoms in total. The van der Waals surface area contributed by atoms with Crippen LogP contribution in [0.4, 0.5) is 0 Å². The van der Waals surface area contributed by atoms with Crippen molar-refractivity contribution in [2.24, 2.45) is 0 Å². The molecule has 0 saturated carbocycles. The fraction of sp³-hybridized carbons (Fsp3) is 0.227. The second-order valence-electron chi connectivity index (χ2n) is 5.88. The highest BCUT2D eigenvalue weighted by Crippen LogP contribution is 2.29. The van der Waals surface area contributed by atoms with Crippen LogP contribution in [-0.2, 0) is 6.54 Å². The summed E-state index contributed by atoms with van der Waals surface area (Å²) in [6, 6.07) is 15.5. The number of amides is 1. The number of hydrogen-bond acceptors (Lipinski definition) is 4. The molecule has 0 aliphatic rings. The van der Waals surface area contributed by atoms with Crippen molar-refractivity contribution in [3.8, 4) is 22.6 Å². The first kappa shape index (κ1) is 19.0. The number of hydrogen-bond donors (Lipinski definition) is 1. The molecule has 0 bridgehead atoms. The van der Waals surface area contributed by atoms with E-state index in [1.807, 2.05) is 32.0 Å². The highest BCUT2D eigenvalue weighted by molar-refractivity contribution is 7.08. The van der Waals surface area contributed by atoms with E-state index in [9.17, 15) is 4.79 Å². The van der Waals surface area contributed by atoms with Crippen molar-refractivity contribution in [3.05, 3.63) is 70.4 Å². The highest BCUT2D eigenvalue weighted by atomic mass is 32.1. The standard InChI is InChI=1S/C22H23NO3S/c1-3-25-20-10-9-16(13-21(20)26-4-2)22(24)23-14-17-7-5-6-8-19(17)18-11-12-27-15-18/h5-13,15H,3-4,14H2,1-2H3,(H,23,24). The Kier molecular flexibility index (Phi) is 6.49. The zero-order valence-corrected chi connectivity index (χ0v) is 16.3. The maximum Gasteiger partial charge on any atom is 0.251 e. The molecule has 27 heavy (non-hydrogen) atoms. The molecule has 0 radical (unpaired) electrons. The Morgan fingerprint density at radius 2 is 1.78 bits per heavy atom. The molecule has 0 atom stereocenters. The van der Waals surface area contributed by atoms with E-state index >= 15 is 0 Å². The number of rotatable bonds is 8. The minimum absolute atomic E-state index is 0.140. The van der Waals surface area contributed by atoms with Crippen LogP contribution in [-0.4, -0.2) is 19.1 Å². The molecule has 3 aromatic rings. The number of benzene rings is 2. The van der Waals surface area contributed by atoms with Crippen LogP contribution in [0.3, 0.4) is 0 Å². The summed E-state index contributed by atoms with van der Waals surface area (Å²) in [5.41, 5.74) is 3.94. The van der Waals surface area contributed by atoms with Crippen LogP contribution >= 0.6 is 11.3 Å². The number of carbonyl (C=O) groups is 1. The van der Waals surface area contributed by atoms with E-state index in [0.717, 1.165) is 11.1 Å². The third-order valence-electron chi connectivity index (χ3n) is 4.09. The zero-order chi connectivity index (χ0) is 19.1. The first-order chi connectivity index (χ1) is 13.2. The Hall–Kier alpha value is -2.79. The summed E-state index contributed by atoms with van der Waals surface area (Å²) in [5.74, 6) is 1.10. The molecule has 0 aliphatic heterocycles. The van der Waals surface area contributed by atoms with Gasteiger partial charge in [-0.3, -0.25) is 4.79 Å². The lowest BCUT2D eigenvalue weighted by molar-refractivity contribution is 0.0950. The number of carbonyl (C=O) groups excluding carboxylic acids is 1. The van der Waals surface area contributed by atoms with Crippen molar-refractivity contribution >= 4 is 17.2 Å². The average molecular weight is 381 g/mol. The lowest BCUT2D eigenvalue weighted by atomic mass is 10.0. The van der Waals surface area contributed by atoms with E-state index in [-0.39, 0.29) is 5.91 Å². The predicted molar refractivity (Wildman–Crippen MR) is 110 cm³/mol. The van der Waals surface area contributed by atoms with Gasteiger partial charge in [-0.05, 0) is 65.6 Å². The van der Waals surface area contributed by atoms with E-state index in [1.54, 1.807) is 29.5 Å². The van der Waals surface area contributed by atoms with Crippen molar-refractivity contribution in [2.45, 2.75) is 20.4 Å². The van der Waals surface area contributed by atoms with Gasteiger partial charge in [0.25, 0.3) is 5.91 Å². The first-order valence-corrected chi connectivity index (χ1v) is 9.95. The van der Waals surface area contributed by atoms with Crippen LogP contribution in [0, 0.1) is 0 Å². The molecular weight excluding hydrogens is 358 g/mol. The molecule has 1 amide bonds. The average Bonchev–Trinajstić information content (AvgIpc) is 3.22. The van der Waals surface area contributed by atoms with Gasteiger partial charge >= 0.3 is 0 Å². The van der Waals surface area contributed by atoms with Crippen LogP contribution in [0.1, 0.15) is 29.8 Å². The Labute approximate surface area is 163 Å². The summed E-state index contributed by atoms with van der Waals surface area (Å²) >= 11 is 1.66. The summed E-state index contributed by atoms with van der Waals surface area (Å²) in [6.45, 7) is 5.34. The molecule has 0 saturated heterocycles. The van der Waals surface area contributed by atoms with Crippen molar-refractivity contribution in [1.82, 2.24) is 5.32 Å². The summed E-state index contributed by atoms with van der Waals surface area (Å²) in [5, 5.41) is 7.17. The van der Waals surface area contributed by atoms with Crippen molar-refractivity contribution < 1.29 is 14.3 Å². The largest absolute Gasteiger partial charge is 0.490 e. The molecule has 1 N–H and O–H groups in total. The summed E-state index contributed by atoms with van der Waals surface area (Å²) in [6.07, 6.45) is 0. The summed E-state index contributed by atoms with van der Waals surface area (Å²) in [7, 11) is 0. The van der Waals surface area contributed by atoms with Crippen LogP contribution in [0.5, 0.6) is 11.5 Å². The molecule has 3 rings (SSSR count). The van der Waals surface area contributed by atoms with Gasteiger partial charge in [-0.25, -0.2) is 0 Å². The van der Waals surface area contributed by atoms with Gasteiger partial charge in [0.15, 0.2) is 11.5 Å². The third kappa shape index (κ3) is 4.68. The maximum atomic E-state index is 12.6. The van der Waals surface area contributed by atoms with E-state index in [2.05, 4.69) is 28.2 Å². The van der Waals surface area contributed by atoms with E-state index in [0.29, 0.717) is 36.8 Å². The second kappa shape index (κ2) is 9.24. The smallest absolute Gasteiger partial charge is 0.251 e. The summed E-state index contributed by atoms with van der Waals surface area (Å²) in [4.78, 5) is 12.6. The van der Waals surface area contributed by atoms with Gasteiger partial charge < -0.3 is 14.8 Å². The molecule has 1 heterocycles. The van der Waals surface area contributed by atoms with Gasteiger partial charge in [0.2, 0.25) is 0 Å². The van der Waals surface area contributed by atoms with Crippen molar-refractivity contribution in [3.63, 3.8) is 0 Å². The normalized spacial score (nSPS) is 10.4. The predicted octanol–water partition coefficient (Wildman–Crippen LogP) is 5.14. The first-order valence-electron chi connectivity index (χ1n) is 9.01. The SMILES string of the molecule is CCOc1ccc(C(=O)NCc2ccccc2-c2ccsc2)cc1OCC. The molecular formula is C22H23NO3S. The molecule has 0 aliphatic carbocycles. The lowest BCUT2D eigenvalue weighted by Crippen LogP contribution is -2.23. The lowest BCUT2D eigenvalue weighted by Gasteiger charge is -2.13. The Morgan fingerprint density at radius 3 is 2.52 bits per heavy atom. The van der Waals surface area contributed by atoms with Gasteiger partial charge in [0.05, 0.1) is 13.2 Å². The monoisotopic (exact) mass is 381 g/mol. The van der Waals surface area contributed by atoms with E-state index < -0.39 is 0 Å². The molecule has 0 unspecified atom stereocenters. The Bertz CT molecular complexity index is 890. The Morgan fingerprint density at radius 1 is 1.00 bits per heavy atom. The van der Waals surface area contributed by atoms with E-state index in [4.69, 9.17) is 9.47 Å². The molecule has 0 spiro atoms. The van der Waals surface area contributed by atoms with Crippen molar-refractivity contribution in [2.75, 3.05) is 13.2 Å². The minimum atomic E-state index is -0.140. The van der Waals surface area contributed by atoms with Crippen molar-refractivity contribution in [1.29, 1.82) is 0 Å². The topological polar surface area (TPSA) is 47.6 Å². The molecule has 1 aromatic heterocycles. The van der Waals surface area contributed by atoms with Crippen LogP contribution < -0.4 is 14.8 Å². The fourth-order valence-corrected chi connectivity index (χ4v) is 3.50. The maximum absolute atomic E-state index is 12.6. The molecule has 0 fully saturated rings. The quantitative estimate of drug-likeness (QED) is 0.587. The van der Waals surface area contributed by atoms with Crippen LogP contribution in [0.25, 0.3) is 11.1 Å². The molecule has 5 heteroatoms. The van der Waals surface area contributed by atoms with E-state index in [1.165, 1.54) is 5.56 Å². The minimum Gasteiger partial charge on any atom is -0.490 e. The number of thiophene rings is 1. The number of nitrogens with one attached hydrogen (secondary N) is 1. The zero-order valence-electron chi connectivity index (χ0n) is 15.5. The fourth-order valence-electron chi connectivity index (χ4n) is 2.84. The van der Waals surface area contributed by atoms with Gasteiger partial charge in [0.1, 0.15) is 0 Å². The second-order valence-corrected chi connectivity index (χ2v) is 6.66. The van der Waals surface area contributed by atoms with Crippen LogP contribution in [0.15, 0.2) is 59.3 Å². The van der Waals surface area contributed by atoms with Gasteiger partial charge in [0, 0.05) is 12.1 Å². The summed E-state index contributed by atoms with van der Waals surface area (Å²) < 4.78 is 11.2. The van der Waals surface area contributed by atoms with Crippen LogP contribution in [0.2, 0.25) is 0 Å².